The van der Waals surface area contributed by atoms with Crippen LogP contribution in [-0.2, 0) is 5.41 Å². The molecule has 0 spiro atoms. The fourth-order valence-corrected chi connectivity index (χ4v) is 1.66. The Labute approximate surface area is 90.3 Å². The molecule has 0 saturated heterocycles. The van der Waals surface area contributed by atoms with Gasteiger partial charge in [0.15, 0.2) is 0 Å². The lowest BCUT2D eigenvalue weighted by molar-refractivity contribution is 0.613. The van der Waals surface area contributed by atoms with Gasteiger partial charge in [-0.25, -0.2) is 0 Å². The summed E-state index contributed by atoms with van der Waals surface area (Å²) in [5.41, 5.74) is 3.11. The second kappa shape index (κ2) is 3.54. The Morgan fingerprint density at radius 2 is 1.87 bits per heavy atom. The summed E-state index contributed by atoms with van der Waals surface area (Å²) in [6.45, 7) is 6.29. The molecule has 0 fully saturated rings. The maximum Gasteiger partial charge on any atom is 0.0804 e. The topological polar surface area (TPSA) is 28.7 Å². The third-order valence-corrected chi connectivity index (χ3v) is 2.73. The standard InChI is InChI=1S/C13H15N2/c1-10-9-12(15-14-10)13(2,3)11-7-5-4-6-8-11/h4-8H,1-3H3,(H,14,15). The lowest BCUT2D eigenvalue weighted by Gasteiger charge is -2.22. The Kier molecular flexibility index (Phi) is 2.35. The van der Waals surface area contributed by atoms with Crippen molar-refractivity contribution < 1.29 is 0 Å². The van der Waals surface area contributed by atoms with Crippen LogP contribution in [0.4, 0.5) is 0 Å². The van der Waals surface area contributed by atoms with E-state index < -0.39 is 0 Å². The summed E-state index contributed by atoms with van der Waals surface area (Å²) in [5, 5.41) is 7.22. The van der Waals surface area contributed by atoms with E-state index in [1.165, 1.54) is 5.56 Å². The Morgan fingerprint density at radius 3 is 2.40 bits per heavy atom. The number of hydrogen-bond acceptors (Lipinski definition) is 1. The van der Waals surface area contributed by atoms with Crippen LogP contribution >= 0.6 is 0 Å². The second-order valence-corrected chi connectivity index (χ2v) is 4.31. The van der Waals surface area contributed by atoms with Gasteiger partial charge in [-0.05, 0) is 12.5 Å². The molecule has 0 saturated carbocycles. The molecule has 15 heavy (non-hydrogen) atoms. The highest BCUT2D eigenvalue weighted by molar-refractivity contribution is 5.33. The van der Waals surface area contributed by atoms with Crippen LogP contribution in [0.5, 0.6) is 0 Å². The molecular weight excluding hydrogens is 184 g/mol. The molecule has 0 bridgehead atoms. The van der Waals surface area contributed by atoms with Gasteiger partial charge in [0.1, 0.15) is 0 Å². The lowest BCUT2D eigenvalue weighted by Crippen LogP contribution is -2.19. The first kappa shape index (κ1) is 9.97. The number of hydrogen-bond donors (Lipinski definition) is 1. The summed E-state index contributed by atoms with van der Waals surface area (Å²) < 4.78 is 0. The van der Waals surface area contributed by atoms with Crippen LogP contribution in [-0.4, -0.2) is 10.2 Å². The number of aromatic nitrogens is 2. The minimum absolute atomic E-state index is 0.0913. The first-order chi connectivity index (χ1) is 7.10. The highest BCUT2D eigenvalue weighted by Gasteiger charge is 2.25. The molecule has 0 aliphatic rings. The van der Waals surface area contributed by atoms with Gasteiger partial charge in [0, 0.05) is 17.2 Å². The number of aryl methyl sites for hydroxylation is 1. The monoisotopic (exact) mass is 199 g/mol. The molecule has 1 radical (unpaired) electrons. The van der Waals surface area contributed by atoms with Gasteiger partial charge in [-0.15, -0.1) is 0 Å². The molecular formula is C13H15N2. The van der Waals surface area contributed by atoms with E-state index in [-0.39, 0.29) is 5.41 Å². The van der Waals surface area contributed by atoms with Crippen molar-refractivity contribution in [3.8, 4) is 0 Å². The van der Waals surface area contributed by atoms with Gasteiger partial charge in [-0.3, -0.25) is 5.10 Å². The van der Waals surface area contributed by atoms with Crippen molar-refractivity contribution in [1.29, 1.82) is 0 Å². The van der Waals surface area contributed by atoms with Crippen LogP contribution in [0.1, 0.15) is 30.8 Å². The molecule has 0 atom stereocenters. The molecule has 2 rings (SSSR count). The summed E-state index contributed by atoms with van der Waals surface area (Å²) >= 11 is 0. The number of nitrogens with one attached hydrogen (secondary N) is 1. The lowest BCUT2D eigenvalue weighted by atomic mass is 9.81. The van der Waals surface area contributed by atoms with Gasteiger partial charge >= 0.3 is 0 Å². The summed E-state index contributed by atoms with van der Waals surface area (Å²) in [4.78, 5) is 0. The van der Waals surface area contributed by atoms with E-state index in [9.17, 15) is 0 Å². The van der Waals surface area contributed by atoms with Crippen molar-refractivity contribution in [3.05, 3.63) is 53.3 Å². The number of nitrogens with zero attached hydrogens (tertiary/aromatic N) is 1. The molecule has 0 unspecified atom stereocenters. The number of H-pyrrole nitrogens is 1. The van der Waals surface area contributed by atoms with Crippen molar-refractivity contribution in [2.45, 2.75) is 26.2 Å². The first-order valence-electron chi connectivity index (χ1n) is 5.11. The zero-order valence-electron chi connectivity index (χ0n) is 9.33. The van der Waals surface area contributed by atoms with Gasteiger partial charge in [-0.1, -0.05) is 44.2 Å². The average molecular weight is 199 g/mol. The summed E-state index contributed by atoms with van der Waals surface area (Å²) in [6, 6.07) is 13.6. The molecule has 2 nitrogen and oxygen atoms in total. The van der Waals surface area contributed by atoms with E-state index in [0.29, 0.717) is 0 Å². The van der Waals surface area contributed by atoms with Crippen LogP contribution < -0.4 is 0 Å². The van der Waals surface area contributed by atoms with E-state index in [1.54, 1.807) is 0 Å². The maximum atomic E-state index is 4.28. The molecule has 1 aromatic carbocycles. The van der Waals surface area contributed by atoms with Crippen LogP contribution in [0.15, 0.2) is 30.3 Å². The smallest absolute Gasteiger partial charge is 0.0804 e. The minimum atomic E-state index is -0.0913. The molecule has 1 heterocycles. The molecule has 2 heteroatoms. The molecule has 0 amide bonds. The summed E-state index contributed by atoms with van der Waals surface area (Å²) in [7, 11) is 0. The number of rotatable bonds is 2. The Balaban J connectivity index is 2.43. The predicted molar refractivity (Wildman–Crippen MR) is 60.7 cm³/mol. The number of benzene rings is 1. The third-order valence-electron chi connectivity index (χ3n) is 2.73. The quantitative estimate of drug-likeness (QED) is 0.791. The molecule has 0 aliphatic carbocycles. The van der Waals surface area contributed by atoms with Crippen molar-refractivity contribution in [1.82, 2.24) is 10.2 Å². The first-order valence-corrected chi connectivity index (χ1v) is 5.11. The van der Waals surface area contributed by atoms with Gasteiger partial charge in [0.05, 0.1) is 5.69 Å². The van der Waals surface area contributed by atoms with Gasteiger partial charge in [0.25, 0.3) is 0 Å². The molecule has 1 aromatic heterocycles. The highest BCUT2D eigenvalue weighted by atomic mass is 15.1. The molecule has 0 aliphatic heterocycles. The van der Waals surface area contributed by atoms with Gasteiger partial charge < -0.3 is 0 Å². The Morgan fingerprint density at radius 1 is 1.20 bits per heavy atom. The predicted octanol–water partition coefficient (Wildman–Crippen LogP) is 2.84. The average Bonchev–Trinajstić information content (AvgIpc) is 2.67. The van der Waals surface area contributed by atoms with Gasteiger partial charge in [0.2, 0.25) is 0 Å². The Hall–Kier alpha value is -1.57. The second-order valence-electron chi connectivity index (χ2n) is 4.31. The van der Waals surface area contributed by atoms with Gasteiger partial charge in [-0.2, -0.15) is 5.10 Å². The SMILES string of the molecule is Cc1[c]c(C(C)(C)c2ccccc2)n[nH]1. The van der Waals surface area contributed by atoms with Crippen LogP contribution in [0.2, 0.25) is 0 Å². The van der Waals surface area contributed by atoms with E-state index in [0.717, 1.165) is 11.4 Å². The fraction of sp³-hybridized carbons (Fsp3) is 0.308. The van der Waals surface area contributed by atoms with Crippen molar-refractivity contribution in [2.75, 3.05) is 0 Å². The minimum Gasteiger partial charge on any atom is -0.282 e. The third kappa shape index (κ3) is 1.80. The van der Waals surface area contributed by atoms with E-state index >= 15 is 0 Å². The summed E-state index contributed by atoms with van der Waals surface area (Å²) in [6.07, 6.45) is 0. The van der Waals surface area contributed by atoms with Crippen LogP contribution in [0.25, 0.3) is 0 Å². The largest absolute Gasteiger partial charge is 0.282 e. The number of aromatic amines is 1. The van der Waals surface area contributed by atoms with E-state index in [4.69, 9.17) is 0 Å². The summed E-state index contributed by atoms with van der Waals surface area (Å²) in [5.74, 6) is 0. The van der Waals surface area contributed by atoms with E-state index in [1.807, 2.05) is 13.0 Å². The Bertz CT molecular complexity index is 441. The molecule has 2 aromatic rings. The molecule has 1 N–H and O–H groups in total. The molecule has 77 valence electrons. The van der Waals surface area contributed by atoms with Crippen LogP contribution in [0, 0.1) is 13.0 Å². The normalized spacial score (nSPS) is 11.7. The maximum absolute atomic E-state index is 4.28. The van der Waals surface area contributed by atoms with Crippen molar-refractivity contribution in [2.24, 2.45) is 0 Å². The van der Waals surface area contributed by atoms with Crippen LogP contribution in [0.3, 0.4) is 0 Å². The fourth-order valence-electron chi connectivity index (χ4n) is 1.66. The zero-order valence-corrected chi connectivity index (χ0v) is 9.33. The zero-order chi connectivity index (χ0) is 10.9. The van der Waals surface area contributed by atoms with Crippen molar-refractivity contribution >= 4 is 0 Å². The van der Waals surface area contributed by atoms with Crippen molar-refractivity contribution in [3.63, 3.8) is 0 Å². The van der Waals surface area contributed by atoms with E-state index in [2.05, 4.69) is 54.4 Å². The highest BCUT2D eigenvalue weighted by Crippen LogP contribution is 2.29.